The Morgan fingerprint density at radius 3 is 3.00 bits per heavy atom. The molecule has 82 valence electrons. The Labute approximate surface area is 86.8 Å². The van der Waals surface area contributed by atoms with Crippen molar-refractivity contribution in [3.63, 3.8) is 0 Å². The molecule has 2 aliphatic rings. The van der Waals surface area contributed by atoms with E-state index in [9.17, 15) is 0 Å². The summed E-state index contributed by atoms with van der Waals surface area (Å²) in [4.78, 5) is 2.59. The van der Waals surface area contributed by atoms with Gasteiger partial charge in [0.2, 0.25) is 0 Å². The fourth-order valence-corrected chi connectivity index (χ4v) is 2.65. The third-order valence-corrected chi connectivity index (χ3v) is 3.43. The molecule has 0 aromatic carbocycles. The van der Waals surface area contributed by atoms with Crippen molar-refractivity contribution in [3.8, 4) is 0 Å². The first-order valence-corrected chi connectivity index (χ1v) is 5.86. The van der Waals surface area contributed by atoms with Crippen molar-refractivity contribution in [2.24, 2.45) is 0 Å². The van der Waals surface area contributed by atoms with Gasteiger partial charge in [-0.1, -0.05) is 0 Å². The van der Waals surface area contributed by atoms with E-state index >= 15 is 0 Å². The third-order valence-electron chi connectivity index (χ3n) is 3.43. The predicted molar refractivity (Wildman–Crippen MR) is 57.5 cm³/mol. The molecule has 0 aromatic rings. The standard InChI is InChI=1S/C11H22N2O/c1-14-8-2-6-13-7-5-10-3-4-11(9-13)12-10/h10-12H,2-9H2,1H3. The van der Waals surface area contributed by atoms with Gasteiger partial charge in [0.15, 0.2) is 0 Å². The van der Waals surface area contributed by atoms with Crippen molar-refractivity contribution in [1.29, 1.82) is 0 Å². The second kappa shape index (κ2) is 5.10. The molecule has 0 aromatic heterocycles. The van der Waals surface area contributed by atoms with Crippen molar-refractivity contribution in [3.05, 3.63) is 0 Å². The summed E-state index contributed by atoms with van der Waals surface area (Å²) in [5, 5.41) is 3.70. The van der Waals surface area contributed by atoms with Crippen LogP contribution in [0.4, 0.5) is 0 Å². The van der Waals surface area contributed by atoms with Crippen LogP contribution in [-0.2, 0) is 4.74 Å². The molecule has 2 rings (SSSR count). The number of hydrogen-bond acceptors (Lipinski definition) is 3. The van der Waals surface area contributed by atoms with E-state index in [2.05, 4.69) is 10.2 Å². The van der Waals surface area contributed by atoms with Crippen LogP contribution < -0.4 is 5.32 Å². The molecule has 3 heteroatoms. The highest BCUT2D eigenvalue weighted by Crippen LogP contribution is 2.20. The summed E-state index contributed by atoms with van der Waals surface area (Å²) in [6, 6.07) is 1.58. The van der Waals surface area contributed by atoms with Crippen LogP contribution in [0.15, 0.2) is 0 Å². The van der Waals surface area contributed by atoms with Gasteiger partial charge >= 0.3 is 0 Å². The highest BCUT2D eigenvalue weighted by atomic mass is 16.5. The Morgan fingerprint density at radius 2 is 2.14 bits per heavy atom. The van der Waals surface area contributed by atoms with E-state index in [-0.39, 0.29) is 0 Å². The van der Waals surface area contributed by atoms with Gasteiger partial charge in [-0.25, -0.2) is 0 Å². The fraction of sp³-hybridized carbons (Fsp3) is 1.00. The van der Waals surface area contributed by atoms with Gasteiger partial charge in [-0.2, -0.15) is 0 Å². The second-order valence-electron chi connectivity index (χ2n) is 4.57. The number of nitrogens with zero attached hydrogens (tertiary/aromatic N) is 1. The largest absolute Gasteiger partial charge is 0.385 e. The minimum Gasteiger partial charge on any atom is -0.385 e. The van der Waals surface area contributed by atoms with Gasteiger partial charge in [0.05, 0.1) is 0 Å². The molecule has 0 spiro atoms. The average Bonchev–Trinajstić information content (AvgIpc) is 2.50. The van der Waals surface area contributed by atoms with E-state index in [0.717, 1.165) is 18.7 Å². The van der Waals surface area contributed by atoms with Crippen LogP contribution in [-0.4, -0.2) is 50.3 Å². The van der Waals surface area contributed by atoms with Gasteiger partial charge in [0, 0.05) is 38.9 Å². The van der Waals surface area contributed by atoms with Gasteiger partial charge in [-0.3, -0.25) is 0 Å². The van der Waals surface area contributed by atoms with Gasteiger partial charge < -0.3 is 15.0 Å². The van der Waals surface area contributed by atoms with Gasteiger partial charge in [-0.05, 0) is 32.2 Å². The highest BCUT2D eigenvalue weighted by Gasteiger charge is 2.28. The Kier molecular flexibility index (Phi) is 3.79. The fourth-order valence-electron chi connectivity index (χ4n) is 2.65. The SMILES string of the molecule is COCCCN1CCC2CCC(C1)N2. The molecule has 0 radical (unpaired) electrons. The van der Waals surface area contributed by atoms with E-state index in [4.69, 9.17) is 4.74 Å². The summed E-state index contributed by atoms with van der Waals surface area (Å²) in [7, 11) is 1.78. The molecule has 2 aliphatic heterocycles. The molecule has 1 N–H and O–H groups in total. The summed E-state index contributed by atoms with van der Waals surface area (Å²) < 4.78 is 5.08. The van der Waals surface area contributed by atoms with Crippen LogP contribution in [0.5, 0.6) is 0 Å². The van der Waals surface area contributed by atoms with E-state index in [1.54, 1.807) is 7.11 Å². The molecule has 2 heterocycles. The highest BCUT2D eigenvalue weighted by molar-refractivity contribution is 4.89. The molecule has 14 heavy (non-hydrogen) atoms. The van der Waals surface area contributed by atoms with Gasteiger partial charge in [0.1, 0.15) is 0 Å². The monoisotopic (exact) mass is 198 g/mol. The first kappa shape index (κ1) is 10.4. The zero-order valence-corrected chi connectivity index (χ0v) is 9.17. The maximum absolute atomic E-state index is 5.08. The van der Waals surface area contributed by atoms with Crippen LogP contribution in [0.2, 0.25) is 0 Å². The lowest BCUT2D eigenvalue weighted by molar-refractivity contribution is 0.169. The first-order chi connectivity index (χ1) is 6.88. The second-order valence-corrected chi connectivity index (χ2v) is 4.57. The molecule has 0 aliphatic carbocycles. The number of likely N-dealkylation sites (tertiary alicyclic amines) is 1. The minimum absolute atomic E-state index is 0.769. The van der Waals surface area contributed by atoms with Crippen molar-refractivity contribution < 1.29 is 4.74 Å². The maximum atomic E-state index is 5.08. The quantitative estimate of drug-likeness (QED) is 0.678. The van der Waals surface area contributed by atoms with Crippen LogP contribution in [0.25, 0.3) is 0 Å². The summed E-state index contributed by atoms with van der Waals surface area (Å²) >= 11 is 0. The maximum Gasteiger partial charge on any atom is 0.0474 e. The Bertz CT molecular complexity index is 175. The van der Waals surface area contributed by atoms with Gasteiger partial charge in [-0.15, -0.1) is 0 Å². The van der Waals surface area contributed by atoms with E-state index in [1.807, 2.05) is 0 Å². The zero-order valence-electron chi connectivity index (χ0n) is 9.17. The van der Waals surface area contributed by atoms with Crippen molar-refractivity contribution >= 4 is 0 Å². The van der Waals surface area contributed by atoms with Crippen LogP contribution in [0.1, 0.15) is 25.7 Å². The topological polar surface area (TPSA) is 24.5 Å². The van der Waals surface area contributed by atoms with Crippen LogP contribution >= 0.6 is 0 Å². The number of hydrogen-bond donors (Lipinski definition) is 1. The molecule has 2 atom stereocenters. The number of methoxy groups -OCH3 is 1. The van der Waals surface area contributed by atoms with Crippen molar-refractivity contribution in [2.45, 2.75) is 37.8 Å². The number of fused-ring (bicyclic) bond motifs is 2. The van der Waals surface area contributed by atoms with Crippen LogP contribution in [0.3, 0.4) is 0 Å². The molecule has 3 nitrogen and oxygen atoms in total. The number of ether oxygens (including phenoxy) is 1. The molecular formula is C11H22N2O. The zero-order chi connectivity index (χ0) is 9.80. The lowest BCUT2D eigenvalue weighted by Gasteiger charge is -2.23. The number of nitrogens with one attached hydrogen (secondary N) is 1. The summed E-state index contributed by atoms with van der Waals surface area (Å²) in [6.07, 6.45) is 5.29. The minimum atomic E-state index is 0.769. The van der Waals surface area contributed by atoms with Crippen LogP contribution in [0, 0.1) is 0 Å². The lowest BCUT2D eigenvalue weighted by Crippen LogP contribution is -2.36. The molecule has 2 fully saturated rings. The molecule has 0 saturated carbocycles. The molecule has 2 bridgehead atoms. The van der Waals surface area contributed by atoms with Crippen molar-refractivity contribution in [1.82, 2.24) is 10.2 Å². The first-order valence-electron chi connectivity index (χ1n) is 5.86. The average molecular weight is 198 g/mol. The number of rotatable bonds is 4. The summed E-state index contributed by atoms with van der Waals surface area (Å²) in [6.45, 7) is 4.63. The summed E-state index contributed by atoms with van der Waals surface area (Å²) in [5.74, 6) is 0. The smallest absolute Gasteiger partial charge is 0.0474 e. The summed E-state index contributed by atoms with van der Waals surface area (Å²) in [5.41, 5.74) is 0. The van der Waals surface area contributed by atoms with E-state index in [0.29, 0.717) is 0 Å². The van der Waals surface area contributed by atoms with E-state index in [1.165, 1.54) is 45.3 Å². The molecule has 2 unspecified atom stereocenters. The molecule has 0 amide bonds. The third kappa shape index (κ3) is 2.69. The predicted octanol–water partition coefficient (Wildman–Crippen LogP) is 0.849. The normalized spacial score (nSPS) is 33.2. The Morgan fingerprint density at radius 1 is 1.29 bits per heavy atom. The van der Waals surface area contributed by atoms with E-state index < -0.39 is 0 Å². The Hall–Kier alpha value is -0.120. The molecule has 2 saturated heterocycles. The van der Waals surface area contributed by atoms with Gasteiger partial charge in [0.25, 0.3) is 0 Å². The van der Waals surface area contributed by atoms with Crippen molar-refractivity contribution in [2.75, 3.05) is 33.4 Å². The molecular weight excluding hydrogens is 176 g/mol. The lowest BCUT2D eigenvalue weighted by atomic mass is 10.1. The Balaban J connectivity index is 1.72.